The van der Waals surface area contributed by atoms with E-state index in [-0.39, 0.29) is 30.6 Å². The maximum atomic E-state index is 12.1. The van der Waals surface area contributed by atoms with Crippen LogP contribution in [0.5, 0.6) is 0 Å². The number of nitrogens with zero attached hydrogens (tertiary/aromatic N) is 2. The molecule has 2 heterocycles. The second-order valence-corrected chi connectivity index (χ2v) is 5.30. The summed E-state index contributed by atoms with van der Waals surface area (Å²) in [7, 11) is 0. The molecule has 0 aliphatic carbocycles. The third-order valence-electron chi connectivity index (χ3n) is 3.98. The largest absolute Gasteiger partial charge is 0.352 e. The molecule has 0 aromatic heterocycles. The van der Waals surface area contributed by atoms with E-state index < -0.39 is 0 Å². The molecule has 19 heavy (non-hydrogen) atoms. The van der Waals surface area contributed by atoms with Crippen LogP contribution >= 0.6 is 0 Å². The number of carbonyl (C=O) groups is 2. The first kappa shape index (κ1) is 14.1. The van der Waals surface area contributed by atoms with Gasteiger partial charge in [-0.1, -0.05) is 13.8 Å². The average Bonchev–Trinajstić information content (AvgIpc) is 2.73. The lowest BCUT2D eigenvalue weighted by Crippen LogP contribution is -2.50. The fourth-order valence-electron chi connectivity index (χ4n) is 2.76. The third kappa shape index (κ3) is 3.18. The Labute approximate surface area is 114 Å². The van der Waals surface area contributed by atoms with Crippen LogP contribution in [0.1, 0.15) is 26.7 Å². The molecule has 3 amide bonds. The lowest BCUT2D eigenvalue weighted by atomic mass is 10.2. The number of nitrogens with one attached hydrogen (secondary N) is 2. The molecule has 1 unspecified atom stereocenters. The fourth-order valence-corrected chi connectivity index (χ4v) is 2.76. The molecule has 2 saturated heterocycles. The highest BCUT2D eigenvalue weighted by Gasteiger charge is 2.38. The van der Waals surface area contributed by atoms with Gasteiger partial charge in [-0.05, 0) is 12.8 Å². The molecule has 6 heteroatoms. The third-order valence-corrected chi connectivity index (χ3v) is 3.98. The lowest BCUT2D eigenvalue weighted by molar-refractivity contribution is -0.122. The van der Waals surface area contributed by atoms with E-state index in [9.17, 15) is 9.59 Å². The van der Waals surface area contributed by atoms with Gasteiger partial charge in [-0.2, -0.15) is 0 Å². The first-order chi connectivity index (χ1) is 9.15. The van der Waals surface area contributed by atoms with Crippen LogP contribution in [0.3, 0.4) is 0 Å². The Kier molecular flexibility index (Phi) is 4.63. The quantitative estimate of drug-likeness (QED) is 0.738. The molecule has 0 bridgehead atoms. The van der Waals surface area contributed by atoms with Crippen molar-refractivity contribution in [3.63, 3.8) is 0 Å². The predicted octanol–water partition coefficient (Wildman–Crippen LogP) is 0.000600. The van der Waals surface area contributed by atoms with Crippen molar-refractivity contribution in [1.82, 2.24) is 20.4 Å². The van der Waals surface area contributed by atoms with Gasteiger partial charge >= 0.3 is 6.03 Å². The van der Waals surface area contributed by atoms with Crippen molar-refractivity contribution >= 4 is 11.9 Å². The van der Waals surface area contributed by atoms with Crippen LogP contribution < -0.4 is 10.6 Å². The zero-order valence-corrected chi connectivity index (χ0v) is 11.8. The first-order valence-corrected chi connectivity index (χ1v) is 7.21. The molecule has 2 rings (SSSR count). The van der Waals surface area contributed by atoms with Crippen molar-refractivity contribution in [3.05, 3.63) is 0 Å². The van der Waals surface area contributed by atoms with Crippen molar-refractivity contribution in [2.75, 3.05) is 32.7 Å². The van der Waals surface area contributed by atoms with E-state index in [4.69, 9.17) is 0 Å². The Bertz CT molecular complexity index is 344. The fraction of sp³-hybridized carbons (Fsp3) is 0.846. The van der Waals surface area contributed by atoms with E-state index in [0.29, 0.717) is 6.54 Å². The summed E-state index contributed by atoms with van der Waals surface area (Å²) in [5, 5.41) is 6.26. The van der Waals surface area contributed by atoms with Crippen molar-refractivity contribution in [2.24, 2.45) is 0 Å². The molecule has 108 valence electrons. The highest BCUT2D eigenvalue weighted by Crippen LogP contribution is 2.16. The number of hydrogen-bond acceptors (Lipinski definition) is 3. The standard InChI is InChI=1S/C13H24N4O2/c1-3-10(4-2)15-12(18)9-16-8-11-7-14-5-6-17(11)13(16)19/h10-11,14H,3-9H2,1-2H3,(H,15,18). The summed E-state index contributed by atoms with van der Waals surface area (Å²) in [6, 6.07) is 0.447. The Morgan fingerprint density at radius 3 is 2.84 bits per heavy atom. The van der Waals surface area contributed by atoms with Crippen molar-refractivity contribution in [3.8, 4) is 0 Å². The summed E-state index contributed by atoms with van der Waals surface area (Å²) in [6.45, 7) is 7.37. The zero-order valence-electron chi connectivity index (χ0n) is 11.8. The van der Waals surface area contributed by atoms with Gasteiger partial charge in [0.2, 0.25) is 5.91 Å². The van der Waals surface area contributed by atoms with Crippen LogP contribution in [0.2, 0.25) is 0 Å². The highest BCUT2D eigenvalue weighted by molar-refractivity contribution is 5.85. The van der Waals surface area contributed by atoms with Crippen LogP contribution in [-0.4, -0.2) is 66.5 Å². The summed E-state index contributed by atoms with van der Waals surface area (Å²) in [4.78, 5) is 27.6. The molecule has 2 N–H and O–H groups in total. The van der Waals surface area contributed by atoms with Gasteiger partial charge in [-0.15, -0.1) is 0 Å². The molecule has 2 aliphatic heterocycles. The van der Waals surface area contributed by atoms with Crippen molar-refractivity contribution in [2.45, 2.75) is 38.8 Å². The molecular weight excluding hydrogens is 244 g/mol. The van der Waals surface area contributed by atoms with Gasteiger partial charge in [0.05, 0.1) is 6.04 Å². The number of fused-ring (bicyclic) bond motifs is 1. The second-order valence-electron chi connectivity index (χ2n) is 5.30. The SMILES string of the molecule is CCC(CC)NC(=O)CN1CC2CNCCN2C1=O. The van der Waals surface area contributed by atoms with Gasteiger partial charge in [0.15, 0.2) is 0 Å². The van der Waals surface area contributed by atoms with E-state index in [0.717, 1.165) is 32.5 Å². The summed E-state index contributed by atoms with van der Waals surface area (Å²) < 4.78 is 0. The van der Waals surface area contributed by atoms with Crippen LogP contribution in [0.15, 0.2) is 0 Å². The van der Waals surface area contributed by atoms with Crippen LogP contribution in [-0.2, 0) is 4.79 Å². The van der Waals surface area contributed by atoms with Gasteiger partial charge in [0.1, 0.15) is 6.54 Å². The van der Waals surface area contributed by atoms with E-state index in [1.165, 1.54) is 0 Å². The molecule has 2 fully saturated rings. The van der Waals surface area contributed by atoms with Crippen LogP contribution in [0.4, 0.5) is 4.79 Å². The number of piperazine rings is 1. The monoisotopic (exact) mass is 268 g/mol. The second kappa shape index (κ2) is 6.23. The molecule has 0 spiro atoms. The van der Waals surface area contributed by atoms with E-state index >= 15 is 0 Å². The molecule has 0 aromatic rings. The number of rotatable bonds is 5. The molecule has 0 radical (unpaired) electrons. The summed E-state index contributed by atoms with van der Waals surface area (Å²) in [5.74, 6) is -0.0464. The molecule has 2 aliphatic rings. The highest BCUT2D eigenvalue weighted by atomic mass is 16.2. The molecule has 0 aromatic carbocycles. The van der Waals surface area contributed by atoms with Crippen molar-refractivity contribution in [1.29, 1.82) is 0 Å². The molecule has 1 atom stereocenters. The van der Waals surface area contributed by atoms with E-state index in [1.807, 2.05) is 4.90 Å². The number of carbonyl (C=O) groups excluding carboxylic acids is 2. The minimum Gasteiger partial charge on any atom is -0.352 e. The van der Waals surface area contributed by atoms with Gasteiger partial charge in [-0.25, -0.2) is 4.79 Å². The Morgan fingerprint density at radius 1 is 1.47 bits per heavy atom. The van der Waals surface area contributed by atoms with E-state index in [2.05, 4.69) is 24.5 Å². The van der Waals surface area contributed by atoms with Gasteiger partial charge in [-0.3, -0.25) is 4.79 Å². The van der Waals surface area contributed by atoms with Crippen LogP contribution in [0.25, 0.3) is 0 Å². The normalized spacial score (nSPS) is 22.9. The van der Waals surface area contributed by atoms with Gasteiger partial charge in [0, 0.05) is 32.2 Å². The summed E-state index contributed by atoms with van der Waals surface area (Å²) in [6.07, 6.45) is 1.85. The molecule has 6 nitrogen and oxygen atoms in total. The number of urea groups is 1. The first-order valence-electron chi connectivity index (χ1n) is 7.21. The molecule has 0 saturated carbocycles. The van der Waals surface area contributed by atoms with Gasteiger partial charge < -0.3 is 20.4 Å². The average molecular weight is 268 g/mol. The lowest BCUT2D eigenvalue weighted by Gasteiger charge is -2.28. The van der Waals surface area contributed by atoms with Crippen LogP contribution in [0, 0.1) is 0 Å². The summed E-state index contributed by atoms with van der Waals surface area (Å²) >= 11 is 0. The number of amides is 3. The Balaban J connectivity index is 1.86. The van der Waals surface area contributed by atoms with Gasteiger partial charge in [0.25, 0.3) is 0 Å². The van der Waals surface area contributed by atoms with E-state index in [1.54, 1.807) is 4.90 Å². The number of hydrogen-bond donors (Lipinski definition) is 2. The Morgan fingerprint density at radius 2 is 2.21 bits per heavy atom. The minimum absolute atomic E-state index is 0.00574. The Hall–Kier alpha value is -1.30. The minimum atomic E-state index is -0.0464. The molecular formula is C13H24N4O2. The maximum Gasteiger partial charge on any atom is 0.320 e. The maximum absolute atomic E-state index is 12.1. The topological polar surface area (TPSA) is 64.7 Å². The predicted molar refractivity (Wildman–Crippen MR) is 72.8 cm³/mol. The zero-order chi connectivity index (χ0) is 13.8. The summed E-state index contributed by atoms with van der Waals surface area (Å²) in [5.41, 5.74) is 0. The smallest absolute Gasteiger partial charge is 0.320 e. The van der Waals surface area contributed by atoms with Crippen molar-refractivity contribution < 1.29 is 9.59 Å².